The highest BCUT2D eigenvalue weighted by molar-refractivity contribution is 7.22. The van der Waals surface area contributed by atoms with E-state index in [-0.39, 0.29) is 11.9 Å². The Morgan fingerprint density at radius 1 is 1.29 bits per heavy atom. The molecule has 0 saturated carbocycles. The van der Waals surface area contributed by atoms with E-state index in [1.54, 1.807) is 18.4 Å². The third-order valence-electron chi connectivity index (χ3n) is 5.15. The highest BCUT2D eigenvalue weighted by Crippen LogP contribution is 2.34. The first kappa shape index (κ1) is 18.7. The van der Waals surface area contributed by atoms with Crippen LogP contribution >= 0.6 is 11.3 Å². The second-order valence-corrected chi connectivity index (χ2v) is 8.00. The second-order valence-electron chi connectivity index (χ2n) is 7.03. The van der Waals surface area contributed by atoms with Crippen LogP contribution < -0.4 is 15.0 Å². The average molecular weight is 400 g/mol. The SMILES string of the molecule is CCC(=O)NC1CCN(c2nc3c(s2)c(C)nn3-c2ccc(OC)cc2)CC1. The van der Waals surface area contributed by atoms with Crippen LogP contribution in [-0.2, 0) is 4.79 Å². The summed E-state index contributed by atoms with van der Waals surface area (Å²) in [5, 5.41) is 8.80. The fourth-order valence-corrected chi connectivity index (χ4v) is 4.54. The lowest BCUT2D eigenvalue weighted by atomic mass is 10.1. The van der Waals surface area contributed by atoms with Gasteiger partial charge in [-0.2, -0.15) is 10.1 Å². The summed E-state index contributed by atoms with van der Waals surface area (Å²) in [6.45, 7) is 5.72. The van der Waals surface area contributed by atoms with Crippen molar-refractivity contribution in [1.82, 2.24) is 20.1 Å². The molecule has 3 heterocycles. The van der Waals surface area contributed by atoms with E-state index in [2.05, 4.69) is 15.3 Å². The van der Waals surface area contributed by atoms with Gasteiger partial charge in [-0.05, 0) is 44.0 Å². The molecule has 2 aromatic heterocycles. The molecule has 1 aliphatic rings. The maximum Gasteiger partial charge on any atom is 0.219 e. The number of fused-ring (bicyclic) bond motifs is 1. The van der Waals surface area contributed by atoms with Gasteiger partial charge in [0.25, 0.3) is 0 Å². The minimum atomic E-state index is 0.133. The van der Waals surface area contributed by atoms with Crippen LogP contribution in [0.5, 0.6) is 5.75 Å². The van der Waals surface area contributed by atoms with Gasteiger partial charge in [0, 0.05) is 25.6 Å². The molecule has 1 aliphatic heterocycles. The van der Waals surface area contributed by atoms with Gasteiger partial charge in [0.2, 0.25) is 5.91 Å². The van der Waals surface area contributed by atoms with Crippen molar-refractivity contribution in [3.8, 4) is 11.4 Å². The normalized spacial score (nSPS) is 15.2. The van der Waals surface area contributed by atoms with Crippen LogP contribution in [0.1, 0.15) is 31.9 Å². The lowest BCUT2D eigenvalue weighted by molar-refractivity contribution is -0.121. The Morgan fingerprint density at radius 2 is 2.00 bits per heavy atom. The summed E-state index contributed by atoms with van der Waals surface area (Å²) in [6.07, 6.45) is 2.44. The van der Waals surface area contributed by atoms with E-state index in [1.807, 2.05) is 42.8 Å². The first-order valence-electron chi connectivity index (χ1n) is 9.64. The predicted octanol–water partition coefficient (Wildman–Crippen LogP) is 3.29. The molecule has 1 saturated heterocycles. The first-order chi connectivity index (χ1) is 13.6. The number of hydrogen-bond acceptors (Lipinski definition) is 6. The van der Waals surface area contributed by atoms with Crippen LogP contribution in [0.3, 0.4) is 0 Å². The lowest BCUT2D eigenvalue weighted by Crippen LogP contribution is -2.44. The summed E-state index contributed by atoms with van der Waals surface area (Å²) in [5.41, 5.74) is 2.85. The molecule has 3 aromatic rings. The topological polar surface area (TPSA) is 72.3 Å². The smallest absolute Gasteiger partial charge is 0.219 e. The molecule has 28 heavy (non-hydrogen) atoms. The van der Waals surface area contributed by atoms with Crippen LogP contribution in [0.4, 0.5) is 5.13 Å². The molecule has 0 radical (unpaired) electrons. The van der Waals surface area contributed by atoms with Crippen molar-refractivity contribution in [3.63, 3.8) is 0 Å². The molecule has 1 amide bonds. The molecule has 0 spiro atoms. The molecule has 7 nitrogen and oxygen atoms in total. The maximum atomic E-state index is 11.6. The predicted molar refractivity (Wildman–Crippen MR) is 112 cm³/mol. The Hall–Kier alpha value is -2.61. The summed E-state index contributed by atoms with van der Waals surface area (Å²) >= 11 is 1.69. The number of hydrogen-bond donors (Lipinski definition) is 1. The van der Waals surface area contributed by atoms with Crippen molar-refractivity contribution in [2.24, 2.45) is 0 Å². The number of carbonyl (C=O) groups is 1. The summed E-state index contributed by atoms with van der Waals surface area (Å²) in [4.78, 5) is 18.8. The number of rotatable bonds is 5. The largest absolute Gasteiger partial charge is 0.497 e. The van der Waals surface area contributed by atoms with Crippen LogP contribution in [0, 0.1) is 6.92 Å². The van der Waals surface area contributed by atoms with Crippen LogP contribution in [0.25, 0.3) is 16.0 Å². The van der Waals surface area contributed by atoms with E-state index in [0.29, 0.717) is 6.42 Å². The van der Waals surface area contributed by atoms with Gasteiger partial charge in [-0.3, -0.25) is 4.79 Å². The van der Waals surface area contributed by atoms with E-state index in [4.69, 9.17) is 9.72 Å². The number of amides is 1. The van der Waals surface area contributed by atoms with E-state index >= 15 is 0 Å². The number of ether oxygens (including phenoxy) is 1. The zero-order chi connectivity index (χ0) is 19.7. The standard InChI is InChI=1S/C20H25N5O2S/c1-4-17(26)21-14-9-11-24(12-10-14)20-22-19-18(28-20)13(2)23-25(19)15-5-7-16(27-3)8-6-15/h5-8,14H,4,9-12H2,1-3H3,(H,21,26). The van der Waals surface area contributed by atoms with Gasteiger partial charge in [-0.1, -0.05) is 18.3 Å². The number of anilines is 1. The van der Waals surface area contributed by atoms with E-state index in [9.17, 15) is 4.79 Å². The number of nitrogens with zero attached hydrogens (tertiary/aromatic N) is 4. The molecule has 1 N–H and O–H groups in total. The zero-order valence-corrected chi connectivity index (χ0v) is 17.3. The lowest BCUT2D eigenvalue weighted by Gasteiger charge is -2.32. The van der Waals surface area contributed by atoms with E-state index in [0.717, 1.165) is 58.5 Å². The molecule has 148 valence electrons. The summed E-state index contributed by atoms with van der Waals surface area (Å²) in [6, 6.07) is 8.12. The van der Waals surface area contributed by atoms with Crippen molar-refractivity contribution in [2.75, 3.05) is 25.1 Å². The molecule has 1 fully saturated rings. The molecule has 0 aliphatic carbocycles. The van der Waals surface area contributed by atoms with Crippen molar-refractivity contribution in [1.29, 1.82) is 0 Å². The Labute approximate surface area is 168 Å². The van der Waals surface area contributed by atoms with Gasteiger partial charge >= 0.3 is 0 Å². The first-order valence-corrected chi connectivity index (χ1v) is 10.5. The Balaban J connectivity index is 1.54. The highest BCUT2D eigenvalue weighted by Gasteiger charge is 2.24. The number of thiazole rings is 1. The number of carbonyl (C=O) groups excluding carboxylic acids is 1. The van der Waals surface area contributed by atoms with Gasteiger partial charge in [-0.25, -0.2) is 4.68 Å². The van der Waals surface area contributed by atoms with E-state index in [1.165, 1.54) is 0 Å². The molecular formula is C20H25N5O2S. The van der Waals surface area contributed by atoms with Gasteiger partial charge < -0.3 is 15.0 Å². The number of aromatic nitrogens is 3. The van der Waals surface area contributed by atoms with Crippen molar-refractivity contribution >= 4 is 32.7 Å². The summed E-state index contributed by atoms with van der Waals surface area (Å²) < 4.78 is 8.26. The zero-order valence-electron chi connectivity index (χ0n) is 16.4. The highest BCUT2D eigenvalue weighted by atomic mass is 32.1. The number of aryl methyl sites for hydroxylation is 1. The van der Waals surface area contributed by atoms with Gasteiger partial charge in [0.1, 0.15) is 5.75 Å². The minimum absolute atomic E-state index is 0.133. The second kappa shape index (κ2) is 7.79. The van der Waals surface area contributed by atoms with Gasteiger partial charge in [-0.15, -0.1) is 0 Å². The van der Waals surface area contributed by atoms with Crippen LogP contribution in [0.15, 0.2) is 24.3 Å². The third kappa shape index (κ3) is 3.56. The third-order valence-corrected chi connectivity index (χ3v) is 6.36. The number of methoxy groups -OCH3 is 1. The molecule has 0 atom stereocenters. The van der Waals surface area contributed by atoms with E-state index < -0.39 is 0 Å². The van der Waals surface area contributed by atoms with Crippen molar-refractivity contribution in [2.45, 2.75) is 39.2 Å². The van der Waals surface area contributed by atoms with Gasteiger partial charge in [0.15, 0.2) is 10.8 Å². The van der Waals surface area contributed by atoms with Crippen molar-refractivity contribution in [3.05, 3.63) is 30.0 Å². The number of nitrogens with one attached hydrogen (secondary N) is 1. The number of piperidine rings is 1. The monoisotopic (exact) mass is 399 g/mol. The van der Waals surface area contributed by atoms with Crippen LogP contribution in [-0.4, -0.2) is 46.9 Å². The number of benzene rings is 1. The molecule has 4 rings (SSSR count). The average Bonchev–Trinajstić information content (AvgIpc) is 3.29. The Bertz CT molecular complexity index is 971. The fraction of sp³-hybridized carbons (Fsp3) is 0.450. The fourth-order valence-electron chi connectivity index (χ4n) is 3.51. The van der Waals surface area contributed by atoms with Crippen molar-refractivity contribution < 1.29 is 9.53 Å². The molecule has 0 unspecified atom stereocenters. The molecule has 1 aromatic carbocycles. The molecular weight excluding hydrogens is 374 g/mol. The Morgan fingerprint density at radius 3 is 2.64 bits per heavy atom. The minimum Gasteiger partial charge on any atom is -0.497 e. The van der Waals surface area contributed by atoms with Gasteiger partial charge in [0.05, 0.1) is 23.2 Å². The maximum absolute atomic E-state index is 11.6. The van der Waals surface area contributed by atoms with Crippen LogP contribution in [0.2, 0.25) is 0 Å². The molecule has 8 heteroatoms. The molecule has 0 bridgehead atoms. The summed E-state index contributed by atoms with van der Waals surface area (Å²) in [7, 11) is 1.66. The Kier molecular flexibility index (Phi) is 5.21. The summed E-state index contributed by atoms with van der Waals surface area (Å²) in [5.74, 6) is 0.953. The quantitative estimate of drug-likeness (QED) is 0.713.